The fraction of sp³-hybridized carbons (Fsp3) is 0.400. The van der Waals surface area contributed by atoms with Crippen molar-refractivity contribution in [3.8, 4) is 5.75 Å². The molecule has 1 aromatic carbocycles. The second-order valence-corrected chi connectivity index (χ2v) is 3.01. The van der Waals surface area contributed by atoms with Crippen LogP contribution >= 0.6 is 0 Å². The molecule has 0 saturated carbocycles. The third-order valence-corrected chi connectivity index (χ3v) is 1.78. The Bertz CT molecular complexity index is 284. The highest BCUT2D eigenvalue weighted by atomic mass is 19.1. The summed E-state index contributed by atoms with van der Waals surface area (Å²) in [6, 6.07) is 4.62. The summed E-state index contributed by atoms with van der Waals surface area (Å²) >= 11 is 0. The van der Waals surface area contributed by atoms with Gasteiger partial charge in [0, 0.05) is 12.5 Å². The van der Waals surface area contributed by atoms with Crippen LogP contribution in [0.5, 0.6) is 5.75 Å². The average molecular weight is 184 g/mol. The van der Waals surface area contributed by atoms with E-state index in [0.717, 1.165) is 0 Å². The zero-order valence-electron chi connectivity index (χ0n) is 7.75. The Morgan fingerprint density at radius 1 is 1.54 bits per heavy atom. The maximum absolute atomic E-state index is 13.2. The SMILES string of the molecule is COc1ccc(C[C@H](C)O)c(F)c1. The van der Waals surface area contributed by atoms with Gasteiger partial charge in [-0.05, 0) is 18.6 Å². The van der Waals surface area contributed by atoms with E-state index in [2.05, 4.69) is 0 Å². The number of hydrogen-bond donors (Lipinski definition) is 1. The van der Waals surface area contributed by atoms with Crippen LogP contribution in [-0.4, -0.2) is 18.3 Å². The van der Waals surface area contributed by atoms with Crippen LogP contribution in [-0.2, 0) is 6.42 Å². The highest BCUT2D eigenvalue weighted by molar-refractivity contribution is 5.29. The lowest BCUT2D eigenvalue weighted by atomic mass is 10.1. The van der Waals surface area contributed by atoms with Crippen molar-refractivity contribution in [1.82, 2.24) is 0 Å². The van der Waals surface area contributed by atoms with Gasteiger partial charge in [-0.1, -0.05) is 6.07 Å². The zero-order chi connectivity index (χ0) is 9.84. The fourth-order valence-corrected chi connectivity index (χ4v) is 1.14. The lowest BCUT2D eigenvalue weighted by Crippen LogP contribution is -2.05. The molecule has 3 heteroatoms. The van der Waals surface area contributed by atoms with E-state index in [1.807, 2.05) is 0 Å². The van der Waals surface area contributed by atoms with Gasteiger partial charge in [0.05, 0.1) is 13.2 Å². The molecule has 13 heavy (non-hydrogen) atoms. The van der Waals surface area contributed by atoms with E-state index in [-0.39, 0.29) is 5.82 Å². The largest absolute Gasteiger partial charge is 0.497 e. The monoisotopic (exact) mass is 184 g/mol. The molecule has 1 atom stereocenters. The van der Waals surface area contributed by atoms with Crippen LogP contribution in [0.2, 0.25) is 0 Å². The Balaban J connectivity index is 2.85. The van der Waals surface area contributed by atoms with Gasteiger partial charge in [-0.3, -0.25) is 0 Å². The van der Waals surface area contributed by atoms with Gasteiger partial charge in [0.25, 0.3) is 0 Å². The molecule has 0 aliphatic carbocycles. The Kier molecular flexibility index (Phi) is 3.25. The molecule has 0 bridgehead atoms. The Morgan fingerprint density at radius 2 is 2.23 bits per heavy atom. The van der Waals surface area contributed by atoms with E-state index in [1.165, 1.54) is 13.2 Å². The zero-order valence-corrected chi connectivity index (χ0v) is 7.75. The van der Waals surface area contributed by atoms with Gasteiger partial charge in [-0.2, -0.15) is 0 Å². The first kappa shape index (κ1) is 9.99. The van der Waals surface area contributed by atoms with E-state index in [4.69, 9.17) is 9.84 Å². The average Bonchev–Trinajstić information content (AvgIpc) is 2.08. The van der Waals surface area contributed by atoms with Crippen LogP contribution in [0.25, 0.3) is 0 Å². The molecule has 1 N–H and O–H groups in total. The maximum atomic E-state index is 13.2. The quantitative estimate of drug-likeness (QED) is 0.775. The lowest BCUT2D eigenvalue weighted by molar-refractivity contribution is 0.194. The van der Waals surface area contributed by atoms with Crippen LogP contribution in [0, 0.1) is 5.82 Å². The summed E-state index contributed by atoms with van der Waals surface area (Å²) in [6.45, 7) is 1.63. The minimum Gasteiger partial charge on any atom is -0.497 e. The van der Waals surface area contributed by atoms with E-state index in [0.29, 0.717) is 17.7 Å². The Labute approximate surface area is 77.0 Å². The van der Waals surface area contributed by atoms with E-state index in [1.54, 1.807) is 19.1 Å². The van der Waals surface area contributed by atoms with Crippen LogP contribution < -0.4 is 4.74 Å². The number of rotatable bonds is 3. The molecule has 2 nitrogen and oxygen atoms in total. The molecule has 0 radical (unpaired) electrons. The molecule has 1 rings (SSSR count). The number of aliphatic hydroxyl groups excluding tert-OH is 1. The summed E-state index contributed by atoms with van der Waals surface area (Å²) in [6.07, 6.45) is -0.196. The molecule has 0 fully saturated rings. The molecule has 0 unspecified atom stereocenters. The van der Waals surface area contributed by atoms with Crippen molar-refractivity contribution in [2.24, 2.45) is 0 Å². The Morgan fingerprint density at radius 3 is 2.69 bits per heavy atom. The Hall–Kier alpha value is -1.09. The summed E-state index contributed by atoms with van der Waals surface area (Å²) in [5, 5.41) is 9.06. The van der Waals surface area contributed by atoms with Crippen molar-refractivity contribution in [1.29, 1.82) is 0 Å². The van der Waals surface area contributed by atoms with Crippen LogP contribution in [0.3, 0.4) is 0 Å². The fourth-order valence-electron chi connectivity index (χ4n) is 1.14. The standard InChI is InChI=1S/C10H13FO2/c1-7(12)5-8-3-4-9(13-2)6-10(8)11/h3-4,6-7,12H,5H2,1-2H3/t7-/m0/s1. The summed E-state index contributed by atoms with van der Waals surface area (Å²) < 4.78 is 18.1. The van der Waals surface area contributed by atoms with Crippen molar-refractivity contribution >= 4 is 0 Å². The van der Waals surface area contributed by atoms with Crippen molar-refractivity contribution in [2.45, 2.75) is 19.4 Å². The number of benzene rings is 1. The van der Waals surface area contributed by atoms with E-state index in [9.17, 15) is 4.39 Å². The van der Waals surface area contributed by atoms with Crippen LogP contribution in [0.15, 0.2) is 18.2 Å². The van der Waals surface area contributed by atoms with Crippen LogP contribution in [0.1, 0.15) is 12.5 Å². The molecule has 1 aromatic rings. The van der Waals surface area contributed by atoms with E-state index >= 15 is 0 Å². The normalized spacial score (nSPS) is 12.6. The number of halogens is 1. The van der Waals surface area contributed by atoms with Gasteiger partial charge in [0.1, 0.15) is 11.6 Å². The first-order valence-corrected chi connectivity index (χ1v) is 4.14. The minimum absolute atomic E-state index is 0.329. The molecule has 72 valence electrons. The smallest absolute Gasteiger partial charge is 0.130 e. The first-order chi connectivity index (χ1) is 6.13. The minimum atomic E-state index is -0.525. The molecule has 0 aromatic heterocycles. The van der Waals surface area contributed by atoms with Gasteiger partial charge in [-0.15, -0.1) is 0 Å². The predicted octanol–water partition coefficient (Wildman–Crippen LogP) is 1.76. The third kappa shape index (κ3) is 2.70. The summed E-state index contributed by atoms with van der Waals surface area (Å²) in [7, 11) is 1.49. The number of hydrogen-bond acceptors (Lipinski definition) is 2. The van der Waals surface area contributed by atoms with Gasteiger partial charge in [0.15, 0.2) is 0 Å². The van der Waals surface area contributed by atoms with Gasteiger partial charge < -0.3 is 9.84 Å². The molecule has 0 saturated heterocycles. The summed E-state index contributed by atoms with van der Waals surface area (Å²) in [5.74, 6) is 0.159. The number of ether oxygens (including phenoxy) is 1. The molecule has 0 aliphatic rings. The van der Waals surface area contributed by atoms with Crippen molar-refractivity contribution in [2.75, 3.05) is 7.11 Å². The molecule has 0 heterocycles. The predicted molar refractivity (Wildman–Crippen MR) is 48.3 cm³/mol. The molecule has 0 spiro atoms. The van der Waals surface area contributed by atoms with E-state index < -0.39 is 6.10 Å². The molecular formula is C10H13FO2. The highest BCUT2D eigenvalue weighted by Crippen LogP contribution is 2.17. The van der Waals surface area contributed by atoms with Gasteiger partial charge >= 0.3 is 0 Å². The second kappa shape index (κ2) is 4.23. The maximum Gasteiger partial charge on any atom is 0.130 e. The summed E-state index contributed by atoms with van der Waals surface area (Å²) in [4.78, 5) is 0. The van der Waals surface area contributed by atoms with Crippen molar-refractivity contribution < 1.29 is 14.2 Å². The highest BCUT2D eigenvalue weighted by Gasteiger charge is 2.06. The molecule has 0 aliphatic heterocycles. The van der Waals surface area contributed by atoms with Crippen molar-refractivity contribution in [3.63, 3.8) is 0 Å². The summed E-state index contributed by atoms with van der Waals surface area (Å²) in [5.41, 5.74) is 0.510. The lowest BCUT2D eigenvalue weighted by Gasteiger charge is -2.06. The number of methoxy groups -OCH3 is 1. The van der Waals surface area contributed by atoms with Gasteiger partial charge in [0.2, 0.25) is 0 Å². The second-order valence-electron chi connectivity index (χ2n) is 3.01. The van der Waals surface area contributed by atoms with Gasteiger partial charge in [-0.25, -0.2) is 4.39 Å². The molecular weight excluding hydrogens is 171 g/mol. The topological polar surface area (TPSA) is 29.5 Å². The van der Waals surface area contributed by atoms with Crippen LogP contribution in [0.4, 0.5) is 4.39 Å². The first-order valence-electron chi connectivity index (χ1n) is 4.14. The van der Waals surface area contributed by atoms with Crippen molar-refractivity contribution in [3.05, 3.63) is 29.6 Å². The third-order valence-electron chi connectivity index (χ3n) is 1.78. The number of aliphatic hydroxyl groups is 1. The molecule has 0 amide bonds.